The largest absolute Gasteiger partial charge is 0.355 e. The quantitative estimate of drug-likeness (QED) is 0.545. The molecule has 0 spiro atoms. The van der Waals surface area contributed by atoms with Gasteiger partial charge in [0.2, 0.25) is 5.95 Å². The molecule has 7 nitrogen and oxygen atoms in total. The molecule has 2 aliphatic rings. The molecule has 2 bridgehead atoms. The van der Waals surface area contributed by atoms with Crippen LogP contribution in [0, 0.1) is 0 Å². The van der Waals surface area contributed by atoms with Gasteiger partial charge in [0.1, 0.15) is 11.5 Å². The number of fused-ring (bicyclic) bond motifs is 3. The predicted molar refractivity (Wildman–Crippen MR) is 122 cm³/mol. The zero-order valence-electron chi connectivity index (χ0n) is 17.5. The van der Waals surface area contributed by atoms with E-state index >= 15 is 0 Å². The van der Waals surface area contributed by atoms with Crippen molar-refractivity contribution in [2.45, 2.75) is 25.0 Å². The number of benzene rings is 1. The number of aromatic nitrogens is 4. The van der Waals surface area contributed by atoms with Gasteiger partial charge in [-0.05, 0) is 24.1 Å². The number of nitrogens with zero attached hydrogens (tertiary/aromatic N) is 6. The molecule has 1 N–H and O–H groups in total. The molecule has 31 heavy (non-hydrogen) atoms. The van der Waals surface area contributed by atoms with Gasteiger partial charge in [0.05, 0.1) is 5.69 Å². The van der Waals surface area contributed by atoms with Crippen LogP contribution in [0.2, 0.25) is 0 Å². The number of anilines is 2. The summed E-state index contributed by atoms with van der Waals surface area (Å²) >= 11 is 0. The van der Waals surface area contributed by atoms with Crippen LogP contribution in [0.5, 0.6) is 0 Å². The zero-order valence-corrected chi connectivity index (χ0v) is 17.5. The molecule has 3 aromatic heterocycles. The zero-order chi connectivity index (χ0) is 20.8. The molecule has 0 aliphatic carbocycles. The number of nitrogens with one attached hydrogen (secondary N) is 1. The van der Waals surface area contributed by atoms with E-state index in [1.165, 1.54) is 12.0 Å². The summed E-state index contributed by atoms with van der Waals surface area (Å²) in [5.74, 6) is 1.91. The summed E-state index contributed by atoms with van der Waals surface area (Å²) in [6.45, 7) is 2.82. The highest BCUT2D eigenvalue weighted by molar-refractivity contribution is 5.69. The Kier molecular flexibility index (Phi) is 4.35. The molecule has 2 fully saturated rings. The van der Waals surface area contributed by atoms with E-state index in [1.807, 2.05) is 30.7 Å². The Morgan fingerprint density at radius 3 is 2.81 bits per heavy atom. The molecule has 7 heteroatoms. The van der Waals surface area contributed by atoms with Crippen molar-refractivity contribution in [3.05, 3.63) is 72.7 Å². The average Bonchev–Trinajstić information content (AvgIpc) is 3.56. The minimum absolute atomic E-state index is 0.503. The van der Waals surface area contributed by atoms with E-state index in [4.69, 9.17) is 4.98 Å². The lowest BCUT2D eigenvalue weighted by Gasteiger charge is -2.29. The lowest BCUT2D eigenvalue weighted by atomic mass is 10.1. The molecule has 0 saturated carbocycles. The van der Waals surface area contributed by atoms with E-state index < -0.39 is 0 Å². The van der Waals surface area contributed by atoms with E-state index in [2.05, 4.69) is 72.9 Å². The summed E-state index contributed by atoms with van der Waals surface area (Å²) in [6.07, 6.45) is 6.91. The van der Waals surface area contributed by atoms with Crippen LogP contribution < -0.4 is 15.1 Å². The average molecular weight is 412 g/mol. The molecule has 2 aliphatic heterocycles. The van der Waals surface area contributed by atoms with Gasteiger partial charge in [-0.15, -0.1) is 0 Å². The van der Waals surface area contributed by atoms with Gasteiger partial charge in [0, 0.05) is 69.0 Å². The van der Waals surface area contributed by atoms with Crippen molar-refractivity contribution in [1.82, 2.24) is 24.7 Å². The molecule has 6 rings (SSSR count). The minimum atomic E-state index is 0.503. The Balaban J connectivity index is 1.35. The van der Waals surface area contributed by atoms with Crippen molar-refractivity contribution in [3.8, 4) is 11.3 Å². The Bertz CT molecular complexity index is 1220. The maximum absolute atomic E-state index is 5.10. The summed E-state index contributed by atoms with van der Waals surface area (Å²) in [7, 11) is 2.07. The molecule has 4 aromatic rings. The van der Waals surface area contributed by atoms with E-state index in [-0.39, 0.29) is 0 Å². The molecule has 2 saturated heterocycles. The third-order valence-electron chi connectivity index (χ3n) is 6.38. The lowest BCUT2D eigenvalue weighted by molar-refractivity contribution is 0.570. The first kappa shape index (κ1) is 18.3. The normalized spacial score (nSPS) is 20.0. The maximum atomic E-state index is 5.10. The second-order valence-electron chi connectivity index (χ2n) is 8.49. The monoisotopic (exact) mass is 411 g/mol. The summed E-state index contributed by atoms with van der Waals surface area (Å²) in [5, 5.41) is 3.58. The first-order valence-electron chi connectivity index (χ1n) is 10.8. The van der Waals surface area contributed by atoms with Gasteiger partial charge in [0.25, 0.3) is 0 Å². The molecule has 5 heterocycles. The van der Waals surface area contributed by atoms with Crippen molar-refractivity contribution in [2.75, 3.05) is 29.9 Å². The smallest absolute Gasteiger partial charge is 0.212 e. The van der Waals surface area contributed by atoms with Crippen molar-refractivity contribution in [2.24, 2.45) is 0 Å². The van der Waals surface area contributed by atoms with Crippen LogP contribution in [-0.2, 0) is 6.54 Å². The summed E-state index contributed by atoms with van der Waals surface area (Å²) in [6, 6.07) is 17.7. The highest BCUT2D eigenvalue weighted by Crippen LogP contribution is 2.31. The second-order valence-corrected chi connectivity index (χ2v) is 8.49. The van der Waals surface area contributed by atoms with Gasteiger partial charge in [0.15, 0.2) is 0 Å². The van der Waals surface area contributed by atoms with Crippen LogP contribution >= 0.6 is 0 Å². The number of imidazole rings is 1. The van der Waals surface area contributed by atoms with Crippen LogP contribution in [0.15, 0.2) is 67.1 Å². The van der Waals surface area contributed by atoms with Crippen LogP contribution in [0.1, 0.15) is 12.0 Å². The lowest BCUT2D eigenvalue weighted by Crippen LogP contribution is -2.44. The minimum Gasteiger partial charge on any atom is -0.355 e. The van der Waals surface area contributed by atoms with Gasteiger partial charge in [-0.2, -0.15) is 0 Å². The van der Waals surface area contributed by atoms with Crippen molar-refractivity contribution in [1.29, 1.82) is 0 Å². The molecule has 0 radical (unpaired) electrons. The number of pyridine rings is 1. The van der Waals surface area contributed by atoms with E-state index in [0.717, 1.165) is 48.3 Å². The first-order chi connectivity index (χ1) is 15.2. The van der Waals surface area contributed by atoms with Gasteiger partial charge < -0.3 is 15.1 Å². The number of rotatable bonds is 5. The molecular weight excluding hydrogens is 386 g/mol. The fourth-order valence-electron chi connectivity index (χ4n) is 4.79. The summed E-state index contributed by atoms with van der Waals surface area (Å²) in [4.78, 5) is 18.9. The molecule has 156 valence electrons. The van der Waals surface area contributed by atoms with Gasteiger partial charge in [-0.25, -0.2) is 15.0 Å². The highest BCUT2D eigenvalue weighted by atomic mass is 15.4. The Morgan fingerprint density at radius 1 is 1.10 bits per heavy atom. The Hall–Kier alpha value is -3.45. The topological polar surface area (TPSA) is 61.6 Å². The maximum Gasteiger partial charge on any atom is 0.212 e. The van der Waals surface area contributed by atoms with E-state index in [0.29, 0.717) is 12.1 Å². The van der Waals surface area contributed by atoms with E-state index in [9.17, 15) is 0 Å². The molecule has 0 unspecified atom stereocenters. The van der Waals surface area contributed by atoms with Crippen LogP contribution in [0.4, 0.5) is 11.8 Å². The Morgan fingerprint density at radius 2 is 2.00 bits per heavy atom. The number of piperazine rings is 1. The van der Waals surface area contributed by atoms with Crippen LogP contribution in [-0.4, -0.2) is 51.6 Å². The van der Waals surface area contributed by atoms with E-state index in [1.54, 1.807) is 0 Å². The number of hydrogen-bond donors (Lipinski definition) is 1. The number of hydrogen-bond acceptors (Lipinski definition) is 6. The van der Waals surface area contributed by atoms with Crippen molar-refractivity contribution < 1.29 is 0 Å². The van der Waals surface area contributed by atoms with Crippen molar-refractivity contribution >= 4 is 17.4 Å². The van der Waals surface area contributed by atoms with Gasteiger partial charge in [-0.1, -0.05) is 30.3 Å². The highest BCUT2D eigenvalue weighted by Gasteiger charge is 2.39. The fraction of sp³-hybridized carbons (Fsp3) is 0.292. The third kappa shape index (κ3) is 3.31. The van der Waals surface area contributed by atoms with Crippen molar-refractivity contribution in [3.63, 3.8) is 0 Å². The van der Waals surface area contributed by atoms with Crippen LogP contribution in [0.25, 0.3) is 16.9 Å². The molecule has 2 atom stereocenters. The summed E-state index contributed by atoms with van der Waals surface area (Å²) < 4.78 is 2.10. The first-order valence-corrected chi connectivity index (χ1v) is 10.8. The van der Waals surface area contributed by atoms with Crippen LogP contribution in [0.3, 0.4) is 0 Å². The fourth-order valence-corrected chi connectivity index (χ4v) is 4.79. The molecule has 1 aromatic carbocycles. The third-order valence-corrected chi connectivity index (χ3v) is 6.38. The molecule has 0 amide bonds. The standard InChI is InChI=1S/C24H25N7/c1-29(15-17-5-3-2-4-6-17)22-11-18(7-8-25-22)21-13-23-26-9-10-30(23)24(28-21)31-16-19-12-20(31)14-27-19/h2-11,13,19-20,27H,12,14-16H2,1H3/t19-,20-/m0/s1. The Labute approximate surface area is 181 Å². The SMILES string of the molecule is CN(Cc1ccccc1)c1cc(-c2cc3nccn3c(N3C[C@@H]4C[C@H]3CN4)n2)ccn1. The van der Waals surface area contributed by atoms with Gasteiger partial charge in [-0.3, -0.25) is 4.40 Å². The molecular formula is C24H25N7. The summed E-state index contributed by atoms with van der Waals surface area (Å²) in [5.41, 5.74) is 4.17. The second kappa shape index (κ2) is 7.35. The van der Waals surface area contributed by atoms with Gasteiger partial charge >= 0.3 is 0 Å². The predicted octanol–water partition coefficient (Wildman–Crippen LogP) is 2.98.